The molecule has 2 amide bonds. The predicted octanol–water partition coefficient (Wildman–Crippen LogP) is 2.69. The van der Waals surface area contributed by atoms with Crippen molar-refractivity contribution in [3.63, 3.8) is 0 Å². The molecule has 2 aliphatic heterocycles. The fraction of sp³-hybridized carbons (Fsp3) is 0.375. The van der Waals surface area contributed by atoms with E-state index in [0.717, 1.165) is 29.7 Å². The molecule has 1 unspecified atom stereocenters. The minimum Gasteiger partial charge on any atom is -0.355 e. The molecule has 2 fully saturated rings. The van der Waals surface area contributed by atoms with Crippen molar-refractivity contribution in [2.75, 3.05) is 19.6 Å². The van der Waals surface area contributed by atoms with Crippen LogP contribution in [0.15, 0.2) is 54.9 Å². The quantitative estimate of drug-likeness (QED) is 0.733. The number of likely N-dealkylation sites (tertiary alicyclic amines) is 1. The summed E-state index contributed by atoms with van der Waals surface area (Å²) < 4.78 is 2.10. The Bertz CT molecular complexity index is 1100. The molecule has 2 aliphatic rings. The van der Waals surface area contributed by atoms with E-state index < -0.39 is 0 Å². The number of fused-ring (bicyclic) bond motifs is 1. The second-order valence-corrected chi connectivity index (χ2v) is 8.53. The second-order valence-electron chi connectivity index (χ2n) is 8.53. The Labute approximate surface area is 175 Å². The lowest BCUT2D eigenvalue weighted by atomic mass is 9.70. The number of nitrogens with zero attached hydrogens (tertiary/aromatic N) is 3. The number of nitrogens with one attached hydrogen (secondary N) is 1. The van der Waals surface area contributed by atoms with E-state index in [1.165, 1.54) is 5.56 Å². The SMILES string of the molecule is Cc1cccn2cc(C3(c4ccccc4)CCN(C(=O)C4CNC(=O)C4)CC3)nc12. The molecule has 6 nitrogen and oxygen atoms in total. The Balaban J connectivity index is 1.48. The number of carbonyl (C=O) groups is 2. The first-order valence-electron chi connectivity index (χ1n) is 10.6. The first kappa shape index (κ1) is 18.9. The Kier molecular flexibility index (Phi) is 4.57. The van der Waals surface area contributed by atoms with Gasteiger partial charge in [-0.15, -0.1) is 0 Å². The number of piperidine rings is 1. The van der Waals surface area contributed by atoms with Crippen molar-refractivity contribution in [1.29, 1.82) is 0 Å². The first-order valence-corrected chi connectivity index (χ1v) is 10.6. The van der Waals surface area contributed by atoms with Gasteiger partial charge < -0.3 is 14.6 Å². The lowest BCUT2D eigenvalue weighted by Gasteiger charge is -2.42. The number of pyridine rings is 1. The summed E-state index contributed by atoms with van der Waals surface area (Å²) in [6.07, 6.45) is 6.14. The summed E-state index contributed by atoms with van der Waals surface area (Å²) in [5, 5.41) is 2.78. The van der Waals surface area contributed by atoms with Crippen LogP contribution < -0.4 is 5.32 Å². The van der Waals surface area contributed by atoms with Gasteiger partial charge in [-0.05, 0) is 37.0 Å². The number of hydrogen-bond donors (Lipinski definition) is 1. The first-order chi connectivity index (χ1) is 14.6. The fourth-order valence-electron chi connectivity index (χ4n) is 4.98. The topological polar surface area (TPSA) is 66.7 Å². The standard InChI is InChI=1S/C24H26N4O2/c1-17-6-5-11-28-16-20(26-22(17)28)24(19-7-3-2-4-8-19)9-12-27(13-10-24)23(30)18-14-21(29)25-15-18/h2-8,11,16,18H,9-10,12-15H2,1H3,(H,25,29). The molecule has 30 heavy (non-hydrogen) atoms. The van der Waals surface area contributed by atoms with Gasteiger partial charge in [-0.25, -0.2) is 4.98 Å². The summed E-state index contributed by atoms with van der Waals surface area (Å²) >= 11 is 0. The van der Waals surface area contributed by atoms with Crippen molar-refractivity contribution in [1.82, 2.24) is 19.6 Å². The van der Waals surface area contributed by atoms with E-state index in [4.69, 9.17) is 4.98 Å². The van der Waals surface area contributed by atoms with Crippen molar-refractivity contribution in [3.05, 3.63) is 71.7 Å². The average molecular weight is 402 g/mol. The molecule has 1 aromatic carbocycles. The monoisotopic (exact) mass is 402 g/mol. The van der Waals surface area contributed by atoms with Crippen LogP contribution in [0.4, 0.5) is 0 Å². The van der Waals surface area contributed by atoms with Crippen LogP contribution in [0.1, 0.15) is 36.1 Å². The van der Waals surface area contributed by atoms with Crippen LogP contribution in [-0.2, 0) is 15.0 Å². The van der Waals surface area contributed by atoms with Crippen LogP contribution in [0.25, 0.3) is 5.65 Å². The third kappa shape index (κ3) is 3.07. The molecule has 2 saturated heterocycles. The molecule has 0 radical (unpaired) electrons. The van der Waals surface area contributed by atoms with Gasteiger partial charge in [0.25, 0.3) is 0 Å². The molecule has 0 aliphatic carbocycles. The summed E-state index contributed by atoms with van der Waals surface area (Å²) in [5.41, 5.74) is 4.22. The highest BCUT2D eigenvalue weighted by atomic mass is 16.2. The normalized spacial score (nSPS) is 21.0. The van der Waals surface area contributed by atoms with Gasteiger partial charge in [-0.2, -0.15) is 0 Å². The van der Waals surface area contributed by atoms with Crippen molar-refractivity contribution < 1.29 is 9.59 Å². The molecular weight excluding hydrogens is 376 g/mol. The number of carbonyl (C=O) groups excluding carboxylic acids is 2. The highest BCUT2D eigenvalue weighted by Gasteiger charge is 2.42. The molecule has 154 valence electrons. The zero-order valence-corrected chi connectivity index (χ0v) is 17.2. The summed E-state index contributed by atoms with van der Waals surface area (Å²) in [6.45, 7) is 3.89. The number of amides is 2. The Hall–Kier alpha value is -3.15. The highest BCUT2D eigenvalue weighted by Crippen LogP contribution is 2.41. The molecular formula is C24H26N4O2. The van der Waals surface area contributed by atoms with E-state index >= 15 is 0 Å². The third-order valence-corrected chi connectivity index (χ3v) is 6.75. The number of benzene rings is 1. The van der Waals surface area contributed by atoms with Crippen LogP contribution in [0.5, 0.6) is 0 Å². The van der Waals surface area contributed by atoms with E-state index in [1.54, 1.807) is 0 Å². The smallest absolute Gasteiger partial charge is 0.227 e. The van der Waals surface area contributed by atoms with Gasteiger partial charge >= 0.3 is 0 Å². The van der Waals surface area contributed by atoms with Crippen LogP contribution in [-0.4, -0.2) is 45.7 Å². The Morgan fingerprint density at radius 1 is 1.13 bits per heavy atom. The van der Waals surface area contributed by atoms with Crippen LogP contribution in [0, 0.1) is 12.8 Å². The third-order valence-electron chi connectivity index (χ3n) is 6.75. The van der Waals surface area contributed by atoms with E-state index in [2.05, 4.69) is 53.2 Å². The molecule has 5 rings (SSSR count). The minimum absolute atomic E-state index is 0.0240. The molecule has 2 aromatic heterocycles. The average Bonchev–Trinajstić information content (AvgIpc) is 3.41. The van der Waals surface area contributed by atoms with Crippen molar-refractivity contribution >= 4 is 17.5 Å². The maximum absolute atomic E-state index is 12.9. The highest BCUT2D eigenvalue weighted by molar-refractivity contribution is 5.89. The molecule has 0 saturated carbocycles. The maximum atomic E-state index is 12.9. The number of hydrogen-bond acceptors (Lipinski definition) is 3. The minimum atomic E-state index is -0.223. The Morgan fingerprint density at radius 2 is 1.90 bits per heavy atom. The van der Waals surface area contributed by atoms with Crippen LogP contribution in [0.3, 0.4) is 0 Å². The molecule has 0 bridgehead atoms. The van der Waals surface area contributed by atoms with E-state index in [0.29, 0.717) is 26.1 Å². The van der Waals surface area contributed by atoms with Crippen LogP contribution >= 0.6 is 0 Å². The molecule has 1 N–H and O–H groups in total. The molecule has 0 spiro atoms. The fourth-order valence-corrected chi connectivity index (χ4v) is 4.98. The largest absolute Gasteiger partial charge is 0.355 e. The van der Waals surface area contributed by atoms with Gasteiger partial charge in [0, 0.05) is 43.9 Å². The zero-order valence-electron chi connectivity index (χ0n) is 17.2. The number of rotatable bonds is 3. The van der Waals surface area contributed by atoms with E-state index in [9.17, 15) is 9.59 Å². The van der Waals surface area contributed by atoms with Crippen molar-refractivity contribution in [2.45, 2.75) is 31.6 Å². The lowest BCUT2D eigenvalue weighted by Crippen LogP contribution is -2.48. The van der Waals surface area contributed by atoms with E-state index in [-0.39, 0.29) is 23.1 Å². The van der Waals surface area contributed by atoms with Gasteiger partial charge in [0.2, 0.25) is 11.8 Å². The molecule has 1 atom stereocenters. The number of aryl methyl sites for hydroxylation is 1. The lowest BCUT2D eigenvalue weighted by molar-refractivity contribution is -0.137. The zero-order chi connectivity index (χ0) is 20.7. The van der Waals surface area contributed by atoms with E-state index in [1.807, 2.05) is 23.2 Å². The predicted molar refractivity (Wildman–Crippen MR) is 114 cm³/mol. The summed E-state index contributed by atoms with van der Waals surface area (Å²) in [7, 11) is 0. The van der Waals surface area contributed by atoms with Crippen molar-refractivity contribution in [2.24, 2.45) is 5.92 Å². The number of aromatic nitrogens is 2. The van der Waals surface area contributed by atoms with Crippen LogP contribution in [0.2, 0.25) is 0 Å². The molecule has 4 heterocycles. The summed E-state index contributed by atoms with van der Waals surface area (Å²) in [6, 6.07) is 14.7. The molecule has 6 heteroatoms. The van der Waals surface area contributed by atoms with Crippen molar-refractivity contribution in [3.8, 4) is 0 Å². The van der Waals surface area contributed by atoms with Gasteiger partial charge in [0.15, 0.2) is 0 Å². The summed E-state index contributed by atoms with van der Waals surface area (Å²) in [4.78, 5) is 31.4. The number of imidazole rings is 1. The van der Waals surface area contributed by atoms with Gasteiger partial charge in [-0.3, -0.25) is 9.59 Å². The Morgan fingerprint density at radius 3 is 2.57 bits per heavy atom. The van der Waals surface area contributed by atoms with Gasteiger partial charge in [0.1, 0.15) is 5.65 Å². The van der Waals surface area contributed by atoms with Gasteiger partial charge in [0.05, 0.1) is 11.6 Å². The van der Waals surface area contributed by atoms with Gasteiger partial charge in [-0.1, -0.05) is 36.4 Å². The second kappa shape index (κ2) is 7.27. The maximum Gasteiger partial charge on any atom is 0.227 e. The molecule has 3 aromatic rings. The summed E-state index contributed by atoms with van der Waals surface area (Å²) in [5.74, 6) is -0.149.